The van der Waals surface area contributed by atoms with Gasteiger partial charge in [0, 0.05) is 18.7 Å². The maximum Gasteiger partial charge on any atom is 0.240 e. The molecule has 0 fully saturated rings. The number of amides is 1. The maximum atomic E-state index is 11.9. The largest absolute Gasteiger partial charge is 0.383 e. The highest BCUT2D eigenvalue weighted by atomic mass is 35.5. The van der Waals surface area contributed by atoms with E-state index in [0.29, 0.717) is 18.2 Å². The smallest absolute Gasteiger partial charge is 0.240 e. The average Bonchev–Trinajstić information content (AvgIpc) is 2.36. The van der Waals surface area contributed by atoms with E-state index < -0.39 is 15.9 Å². The zero-order valence-electron chi connectivity index (χ0n) is 11.6. The summed E-state index contributed by atoms with van der Waals surface area (Å²) in [6, 6.07) is 4.37. The zero-order chi connectivity index (χ0) is 16.0. The Morgan fingerprint density at radius 3 is 2.57 bits per heavy atom. The van der Waals surface area contributed by atoms with Gasteiger partial charge in [0.2, 0.25) is 15.9 Å². The van der Waals surface area contributed by atoms with Crippen LogP contribution in [0.2, 0.25) is 10.0 Å². The first kappa shape index (κ1) is 18.0. The second-order valence-electron chi connectivity index (χ2n) is 4.21. The highest BCUT2D eigenvalue weighted by Gasteiger charge is 2.22. The molecule has 1 rings (SSSR count). The molecule has 0 atom stereocenters. The van der Waals surface area contributed by atoms with Gasteiger partial charge in [0.15, 0.2) is 0 Å². The van der Waals surface area contributed by atoms with Crippen LogP contribution in [0.5, 0.6) is 0 Å². The van der Waals surface area contributed by atoms with Gasteiger partial charge in [-0.25, -0.2) is 8.42 Å². The number of carbonyl (C=O) groups excluding carboxylic acids is 1. The summed E-state index contributed by atoms with van der Waals surface area (Å²) in [5.41, 5.74) is 0.199. The molecule has 0 heterocycles. The van der Waals surface area contributed by atoms with Crippen LogP contribution in [0, 0.1) is 0 Å². The van der Waals surface area contributed by atoms with E-state index in [1.807, 2.05) is 0 Å². The summed E-state index contributed by atoms with van der Waals surface area (Å²) in [7, 11) is -2.16. The second kappa shape index (κ2) is 7.84. The molecule has 0 radical (unpaired) electrons. The molecule has 9 heteroatoms. The third kappa shape index (κ3) is 5.70. The molecular formula is C12H16Cl2N2O4S. The number of hydrogen-bond acceptors (Lipinski definition) is 4. The molecule has 0 aliphatic heterocycles. The van der Waals surface area contributed by atoms with Crippen LogP contribution >= 0.6 is 23.2 Å². The van der Waals surface area contributed by atoms with Crippen LogP contribution in [-0.4, -0.2) is 47.4 Å². The van der Waals surface area contributed by atoms with Gasteiger partial charge in [-0.3, -0.25) is 9.10 Å². The Morgan fingerprint density at radius 2 is 2.05 bits per heavy atom. The molecule has 1 aromatic carbocycles. The quantitative estimate of drug-likeness (QED) is 0.753. The highest BCUT2D eigenvalue weighted by Crippen LogP contribution is 2.30. The van der Waals surface area contributed by atoms with Gasteiger partial charge in [-0.15, -0.1) is 0 Å². The minimum Gasteiger partial charge on any atom is -0.383 e. The van der Waals surface area contributed by atoms with Crippen molar-refractivity contribution in [1.82, 2.24) is 5.32 Å². The molecule has 6 nitrogen and oxygen atoms in total. The number of methoxy groups -OCH3 is 1. The molecule has 21 heavy (non-hydrogen) atoms. The van der Waals surface area contributed by atoms with Crippen molar-refractivity contribution in [2.45, 2.75) is 0 Å². The van der Waals surface area contributed by atoms with E-state index in [1.165, 1.54) is 25.3 Å². The Labute approximate surface area is 134 Å². The molecule has 1 amide bonds. The van der Waals surface area contributed by atoms with E-state index in [9.17, 15) is 13.2 Å². The molecule has 0 aliphatic rings. The van der Waals surface area contributed by atoms with E-state index >= 15 is 0 Å². The topological polar surface area (TPSA) is 75.7 Å². The normalized spacial score (nSPS) is 11.2. The Hall–Kier alpha value is -1.02. The van der Waals surface area contributed by atoms with Crippen molar-refractivity contribution in [2.24, 2.45) is 0 Å². The summed E-state index contributed by atoms with van der Waals surface area (Å²) in [6.45, 7) is 0.261. The minimum atomic E-state index is -3.67. The molecule has 0 saturated heterocycles. The number of ether oxygens (including phenoxy) is 1. The van der Waals surface area contributed by atoms with Crippen molar-refractivity contribution >= 4 is 44.8 Å². The summed E-state index contributed by atoms with van der Waals surface area (Å²) >= 11 is 11.8. The standard InChI is InChI=1S/C12H16Cl2N2O4S/c1-20-6-5-15-12(17)8-16(21(2,18)19)11-4-3-9(13)7-10(11)14/h3-4,7H,5-6,8H2,1-2H3,(H,15,17). The van der Waals surface area contributed by atoms with Crippen LogP contribution in [0.1, 0.15) is 0 Å². The molecule has 0 bridgehead atoms. The number of halogens is 2. The third-order valence-corrected chi connectivity index (χ3v) is 4.16. The molecule has 118 valence electrons. The molecule has 0 unspecified atom stereocenters. The maximum absolute atomic E-state index is 11.9. The third-order valence-electron chi connectivity index (χ3n) is 2.49. The van der Waals surface area contributed by atoms with E-state index in [4.69, 9.17) is 27.9 Å². The number of benzene rings is 1. The Kier molecular flexibility index (Phi) is 6.73. The fraction of sp³-hybridized carbons (Fsp3) is 0.417. The summed E-state index contributed by atoms with van der Waals surface area (Å²) in [4.78, 5) is 11.8. The lowest BCUT2D eigenvalue weighted by molar-refractivity contribution is -0.119. The molecule has 0 saturated carbocycles. The van der Waals surface area contributed by atoms with Crippen LogP contribution < -0.4 is 9.62 Å². The van der Waals surface area contributed by atoms with E-state index in [1.54, 1.807) is 0 Å². The molecule has 1 aromatic rings. The first-order valence-electron chi connectivity index (χ1n) is 5.94. The van der Waals surface area contributed by atoms with Crippen molar-refractivity contribution in [1.29, 1.82) is 0 Å². The number of rotatable bonds is 7. The Balaban J connectivity index is 2.95. The first-order valence-corrected chi connectivity index (χ1v) is 8.54. The number of carbonyl (C=O) groups is 1. The zero-order valence-corrected chi connectivity index (χ0v) is 13.9. The fourth-order valence-corrected chi connectivity index (χ4v) is 2.97. The van der Waals surface area contributed by atoms with Gasteiger partial charge in [0.25, 0.3) is 0 Å². The predicted molar refractivity (Wildman–Crippen MR) is 83.5 cm³/mol. The van der Waals surface area contributed by atoms with Crippen molar-refractivity contribution in [2.75, 3.05) is 37.4 Å². The van der Waals surface area contributed by atoms with E-state index in [0.717, 1.165) is 10.6 Å². The number of nitrogens with zero attached hydrogens (tertiary/aromatic N) is 1. The fourth-order valence-electron chi connectivity index (χ4n) is 1.54. The summed E-state index contributed by atoms with van der Waals surface area (Å²) < 4.78 is 29.5. The lowest BCUT2D eigenvalue weighted by Gasteiger charge is -2.23. The van der Waals surface area contributed by atoms with Crippen LogP contribution in [0.15, 0.2) is 18.2 Å². The summed E-state index contributed by atoms with van der Waals surface area (Å²) in [5, 5.41) is 3.07. The van der Waals surface area contributed by atoms with Crippen LogP contribution in [0.4, 0.5) is 5.69 Å². The molecule has 0 spiro atoms. The molecular weight excluding hydrogens is 339 g/mol. The van der Waals surface area contributed by atoms with Gasteiger partial charge in [-0.2, -0.15) is 0 Å². The van der Waals surface area contributed by atoms with Gasteiger partial charge < -0.3 is 10.1 Å². The van der Waals surface area contributed by atoms with Crippen LogP contribution in [0.3, 0.4) is 0 Å². The van der Waals surface area contributed by atoms with Crippen molar-refractivity contribution < 1.29 is 17.9 Å². The van der Waals surface area contributed by atoms with Crippen LogP contribution in [-0.2, 0) is 19.6 Å². The summed E-state index contributed by atoms with van der Waals surface area (Å²) in [5.74, 6) is -0.455. The minimum absolute atomic E-state index is 0.151. The molecule has 0 aliphatic carbocycles. The monoisotopic (exact) mass is 354 g/mol. The molecule has 1 N–H and O–H groups in total. The van der Waals surface area contributed by atoms with Gasteiger partial charge >= 0.3 is 0 Å². The van der Waals surface area contributed by atoms with Crippen molar-refractivity contribution in [3.05, 3.63) is 28.2 Å². The second-order valence-corrected chi connectivity index (χ2v) is 6.96. The van der Waals surface area contributed by atoms with Gasteiger partial charge in [-0.05, 0) is 18.2 Å². The van der Waals surface area contributed by atoms with Gasteiger partial charge in [0.05, 0.1) is 23.6 Å². The number of sulfonamides is 1. The predicted octanol–water partition coefficient (Wildman–Crippen LogP) is 1.52. The van der Waals surface area contributed by atoms with E-state index in [-0.39, 0.29) is 17.3 Å². The van der Waals surface area contributed by atoms with Crippen LogP contribution in [0.25, 0.3) is 0 Å². The van der Waals surface area contributed by atoms with E-state index in [2.05, 4.69) is 5.32 Å². The number of anilines is 1. The lowest BCUT2D eigenvalue weighted by atomic mass is 10.3. The van der Waals surface area contributed by atoms with Crippen molar-refractivity contribution in [3.63, 3.8) is 0 Å². The number of hydrogen-bond donors (Lipinski definition) is 1. The number of nitrogens with one attached hydrogen (secondary N) is 1. The average molecular weight is 355 g/mol. The lowest BCUT2D eigenvalue weighted by Crippen LogP contribution is -2.41. The summed E-state index contributed by atoms with van der Waals surface area (Å²) in [6.07, 6.45) is 1.00. The first-order chi connectivity index (χ1) is 9.75. The SMILES string of the molecule is COCCNC(=O)CN(c1ccc(Cl)cc1Cl)S(C)(=O)=O. The molecule has 0 aromatic heterocycles. The van der Waals surface area contributed by atoms with Crippen molar-refractivity contribution in [3.8, 4) is 0 Å². The van der Waals surface area contributed by atoms with Gasteiger partial charge in [-0.1, -0.05) is 23.2 Å². The highest BCUT2D eigenvalue weighted by molar-refractivity contribution is 7.92. The Bertz CT molecular complexity index is 607. The Morgan fingerprint density at radius 1 is 1.38 bits per heavy atom. The van der Waals surface area contributed by atoms with Gasteiger partial charge in [0.1, 0.15) is 6.54 Å².